The van der Waals surface area contributed by atoms with Gasteiger partial charge in [0.1, 0.15) is 0 Å². The van der Waals surface area contributed by atoms with E-state index in [0.717, 1.165) is 0 Å². The van der Waals surface area contributed by atoms with E-state index in [9.17, 15) is 4.79 Å². The Kier molecular flexibility index (Phi) is 2.60. The molecule has 5 heteroatoms. The summed E-state index contributed by atoms with van der Waals surface area (Å²) < 4.78 is 20.5. The second-order valence-corrected chi connectivity index (χ2v) is 3.30. The van der Waals surface area contributed by atoms with Crippen molar-refractivity contribution in [1.82, 2.24) is 0 Å². The second-order valence-electron chi connectivity index (χ2n) is 3.30. The van der Waals surface area contributed by atoms with Crippen LogP contribution >= 0.6 is 0 Å². The van der Waals surface area contributed by atoms with Crippen molar-refractivity contribution in [3.8, 4) is 17.2 Å². The van der Waals surface area contributed by atoms with Gasteiger partial charge in [-0.1, -0.05) is 0 Å². The Bertz CT molecular complexity index is 427. The maximum Gasteiger partial charge on any atom is 0.338 e. The minimum Gasteiger partial charge on any atom is -0.493 e. The Balaban J connectivity index is 2.47. The summed E-state index contributed by atoms with van der Waals surface area (Å²) in [6.45, 7) is 1.76. The molecule has 0 N–H and O–H groups in total. The van der Waals surface area contributed by atoms with Gasteiger partial charge >= 0.3 is 5.97 Å². The first-order valence-corrected chi connectivity index (χ1v) is 4.79. The zero-order chi connectivity index (χ0) is 11.7. The molecule has 1 aromatic carbocycles. The van der Waals surface area contributed by atoms with Crippen molar-refractivity contribution in [3.05, 3.63) is 17.7 Å². The van der Waals surface area contributed by atoms with Gasteiger partial charge in [0.15, 0.2) is 11.5 Å². The molecule has 1 aliphatic rings. The van der Waals surface area contributed by atoms with Crippen LogP contribution in [0.2, 0.25) is 0 Å². The highest BCUT2D eigenvalue weighted by atomic mass is 16.7. The summed E-state index contributed by atoms with van der Waals surface area (Å²) in [6.07, 6.45) is -0.378. The lowest BCUT2D eigenvalue weighted by Gasteiger charge is -2.06. The number of carbonyl (C=O) groups is 1. The molecule has 1 aromatic rings. The Morgan fingerprint density at radius 1 is 1.31 bits per heavy atom. The minimum absolute atomic E-state index is 0.371. The number of fused-ring (bicyclic) bond motifs is 1. The van der Waals surface area contributed by atoms with E-state index in [1.165, 1.54) is 14.2 Å². The predicted molar refractivity (Wildman–Crippen MR) is 55.1 cm³/mol. The van der Waals surface area contributed by atoms with Gasteiger partial charge in [-0.25, -0.2) is 4.79 Å². The number of esters is 1. The Morgan fingerprint density at radius 2 is 2.06 bits per heavy atom. The van der Waals surface area contributed by atoms with Crippen LogP contribution in [-0.2, 0) is 4.74 Å². The first-order chi connectivity index (χ1) is 7.65. The van der Waals surface area contributed by atoms with E-state index in [1.54, 1.807) is 19.1 Å². The number of hydrogen-bond acceptors (Lipinski definition) is 5. The first-order valence-electron chi connectivity index (χ1n) is 4.79. The fourth-order valence-corrected chi connectivity index (χ4v) is 1.54. The summed E-state index contributed by atoms with van der Waals surface area (Å²) in [4.78, 5) is 11.4. The fraction of sp³-hybridized carbons (Fsp3) is 0.364. The third kappa shape index (κ3) is 1.64. The van der Waals surface area contributed by atoms with Crippen molar-refractivity contribution < 1.29 is 23.7 Å². The van der Waals surface area contributed by atoms with E-state index >= 15 is 0 Å². The van der Waals surface area contributed by atoms with Crippen molar-refractivity contribution in [2.45, 2.75) is 13.2 Å². The largest absolute Gasteiger partial charge is 0.493 e. The van der Waals surface area contributed by atoms with Gasteiger partial charge in [0, 0.05) is 6.92 Å². The quantitative estimate of drug-likeness (QED) is 0.714. The van der Waals surface area contributed by atoms with Crippen LogP contribution in [0.1, 0.15) is 17.3 Å². The highest BCUT2D eigenvalue weighted by Gasteiger charge is 2.26. The lowest BCUT2D eigenvalue weighted by atomic mass is 10.2. The third-order valence-electron chi connectivity index (χ3n) is 2.24. The molecule has 0 saturated carbocycles. The van der Waals surface area contributed by atoms with E-state index < -0.39 is 5.97 Å². The summed E-state index contributed by atoms with van der Waals surface area (Å²) >= 11 is 0. The molecule has 86 valence electrons. The monoisotopic (exact) mass is 224 g/mol. The van der Waals surface area contributed by atoms with Gasteiger partial charge in [0.05, 0.1) is 19.8 Å². The molecular formula is C11H12O5. The van der Waals surface area contributed by atoms with Crippen LogP contribution < -0.4 is 14.2 Å². The Hall–Kier alpha value is -1.91. The molecule has 0 aromatic heterocycles. The topological polar surface area (TPSA) is 54.0 Å². The number of hydrogen-bond donors (Lipinski definition) is 0. The molecular weight excluding hydrogens is 212 g/mol. The zero-order valence-corrected chi connectivity index (χ0v) is 9.27. The number of carbonyl (C=O) groups excluding carboxylic acids is 1. The Morgan fingerprint density at radius 3 is 2.69 bits per heavy atom. The van der Waals surface area contributed by atoms with Crippen LogP contribution in [0, 0.1) is 0 Å². The van der Waals surface area contributed by atoms with Crippen LogP contribution in [-0.4, -0.2) is 26.5 Å². The maximum atomic E-state index is 11.4. The van der Waals surface area contributed by atoms with Gasteiger partial charge < -0.3 is 18.9 Å². The van der Waals surface area contributed by atoms with Crippen LogP contribution in [0.15, 0.2) is 12.1 Å². The fourth-order valence-electron chi connectivity index (χ4n) is 1.54. The van der Waals surface area contributed by atoms with Crippen LogP contribution in [0.25, 0.3) is 0 Å². The van der Waals surface area contributed by atoms with Crippen molar-refractivity contribution >= 4 is 5.97 Å². The standard InChI is InChI=1S/C11H12O5/c1-6-15-9-5-7(11(12)14-3)4-8(13-2)10(9)16-6/h4-6H,1-3H3. The lowest BCUT2D eigenvalue weighted by molar-refractivity contribution is 0.0596. The molecule has 0 radical (unpaired) electrons. The molecule has 1 heterocycles. The van der Waals surface area contributed by atoms with Gasteiger partial charge in [-0.05, 0) is 12.1 Å². The van der Waals surface area contributed by atoms with Gasteiger partial charge in [0.25, 0.3) is 0 Å². The molecule has 5 nitrogen and oxygen atoms in total. The summed E-state index contributed by atoms with van der Waals surface area (Å²) in [5, 5.41) is 0. The van der Waals surface area contributed by atoms with Gasteiger partial charge in [-0.3, -0.25) is 0 Å². The molecule has 16 heavy (non-hydrogen) atoms. The van der Waals surface area contributed by atoms with Crippen LogP contribution in [0.4, 0.5) is 0 Å². The Labute approximate surface area is 92.9 Å². The van der Waals surface area contributed by atoms with E-state index in [2.05, 4.69) is 4.74 Å². The SMILES string of the molecule is COC(=O)c1cc(OC)c2c(c1)OC(C)O2. The van der Waals surface area contributed by atoms with E-state index in [0.29, 0.717) is 22.8 Å². The summed E-state index contributed by atoms with van der Waals surface area (Å²) in [7, 11) is 2.82. The first kappa shape index (κ1) is 10.6. The predicted octanol–water partition coefficient (Wildman–Crippen LogP) is 1.60. The van der Waals surface area contributed by atoms with E-state index in [1.807, 2.05) is 0 Å². The van der Waals surface area contributed by atoms with Crippen LogP contribution in [0.3, 0.4) is 0 Å². The van der Waals surface area contributed by atoms with Crippen molar-refractivity contribution in [1.29, 1.82) is 0 Å². The molecule has 0 fully saturated rings. The van der Waals surface area contributed by atoms with Gasteiger partial charge in [-0.2, -0.15) is 0 Å². The third-order valence-corrected chi connectivity index (χ3v) is 2.24. The highest BCUT2D eigenvalue weighted by molar-refractivity contribution is 5.91. The molecule has 0 saturated heterocycles. The van der Waals surface area contributed by atoms with Crippen molar-refractivity contribution in [2.24, 2.45) is 0 Å². The van der Waals surface area contributed by atoms with Gasteiger partial charge in [-0.15, -0.1) is 0 Å². The minimum atomic E-state index is -0.441. The van der Waals surface area contributed by atoms with E-state index in [4.69, 9.17) is 14.2 Å². The van der Waals surface area contributed by atoms with E-state index in [-0.39, 0.29) is 6.29 Å². The second kappa shape index (κ2) is 3.92. The number of ether oxygens (including phenoxy) is 4. The highest BCUT2D eigenvalue weighted by Crippen LogP contribution is 2.43. The normalized spacial score (nSPS) is 17.1. The molecule has 0 bridgehead atoms. The van der Waals surface area contributed by atoms with Crippen molar-refractivity contribution in [2.75, 3.05) is 14.2 Å². The number of methoxy groups -OCH3 is 2. The average Bonchev–Trinajstić information content (AvgIpc) is 2.66. The summed E-state index contributed by atoms with van der Waals surface area (Å²) in [6, 6.07) is 3.14. The molecule has 2 rings (SSSR count). The van der Waals surface area contributed by atoms with Crippen LogP contribution in [0.5, 0.6) is 17.2 Å². The molecule has 0 amide bonds. The van der Waals surface area contributed by atoms with Gasteiger partial charge in [0.2, 0.25) is 12.0 Å². The smallest absolute Gasteiger partial charge is 0.338 e. The number of rotatable bonds is 2. The molecule has 1 unspecified atom stereocenters. The maximum absolute atomic E-state index is 11.4. The van der Waals surface area contributed by atoms with Crippen molar-refractivity contribution in [3.63, 3.8) is 0 Å². The lowest BCUT2D eigenvalue weighted by Crippen LogP contribution is -2.11. The molecule has 1 atom stereocenters. The molecule has 0 aliphatic carbocycles. The molecule has 1 aliphatic heterocycles. The zero-order valence-electron chi connectivity index (χ0n) is 9.27. The average molecular weight is 224 g/mol. The number of benzene rings is 1. The molecule has 0 spiro atoms. The summed E-state index contributed by atoms with van der Waals surface area (Å²) in [5.41, 5.74) is 0.371. The summed E-state index contributed by atoms with van der Waals surface area (Å²) in [5.74, 6) is 1.03.